The summed E-state index contributed by atoms with van der Waals surface area (Å²) in [5, 5.41) is 10.2. The smallest absolute Gasteiger partial charge is 0.118 e. The van der Waals surface area contributed by atoms with Gasteiger partial charge in [-0.25, -0.2) is 0 Å². The summed E-state index contributed by atoms with van der Waals surface area (Å²) >= 11 is 0. The number of rotatable bonds is 6. The highest BCUT2D eigenvalue weighted by Crippen LogP contribution is 2.15. The number of aliphatic hydroxyl groups is 1. The summed E-state index contributed by atoms with van der Waals surface area (Å²) in [6.07, 6.45) is 0.245. The van der Waals surface area contributed by atoms with Crippen molar-refractivity contribution < 1.29 is 9.84 Å². The second-order valence-electron chi connectivity index (χ2n) is 4.92. The SMILES string of the molecule is COc1ccc(CC(O)CN(C)c2ccccc2)cc1. The third kappa shape index (κ3) is 4.00. The molecule has 2 aromatic carbocycles. The fraction of sp³-hybridized carbons (Fsp3) is 0.294. The third-order valence-corrected chi connectivity index (χ3v) is 3.31. The second kappa shape index (κ2) is 6.96. The Bertz CT molecular complexity index is 510. The molecule has 0 aromatic heterocycles. The number of anilines is 1. The number of para-hydroxylation sites is 1. The van der Waals surface area contributed by atoms with E-state index in [2.05, 4.69) is 4.90 Å². The van der Waals surface area contributed by atoms with Gasteiger partial charge in [-0.1, -0.05) is 30.3 Å². The van der Waals surface area contributed by atoms with Crippen molar-refractivity contribution in [3.05, 3.63) is 60.2 Å². The Balaban J connectivity index is 1.90. The Morgan fingerprint density at radius 3 is 2.30 bits per heavy atom. The van der Waals surface area contributed by atoms with Crippen LogP contribution in [0.25, 0.3) is 0 Å². The molecule has 0 spiro atoms. The summed E-state index contributed by atoms with van der Waals surface area (Å²) in [7, 11) is 3.64. The zero-order valence-corrected chi connectivity index (χ0v) is 12.0. The topological polar surface area (TPSA) is 32.7 Å². The first kappa shape index (κ1) is 14.4. The molecule has 0 bridgehead atoms. The fourth-order valence-corrected chi connectivity index (χ4v) is 2.20. The van der Waals surface area contributed by atoms with E-state index in [4.69, 9.17) is 4.74 Å². The summed E-state index contributed by atoms with van der Waals surface area (Å²) < 4.78 is 5.13. The summed E-state index contributed by atoms with van der Waals surface area (Å²) in [5.74, 6) is 0.838. The molecule has 20 heavy (non-hydrogen) atoms. The van der Waals surface area contributed by atoms with E-state index < -0.39 is 6.10 Å². The van der Waals surface area contributed by atoms with E-state index in [1.54, 1.807) is 7.11 Å². The van der Waals surface area contributed by atoms with Gasteiger partial charge in [0.1, 0.15) is 5.75 Å². The lowest BCUT2D eigenvalue weighted by Gasteiger charge is -2.22. The summed E-state index contributed by atoms with van der Waals surface area (Å²) in [5.41, 5.74) is 2.22. The maximum atomic E-state index is 10.2. The fourth-order valence-electron chi connectivity index (χ4n) is 2.20. The van der Waals surface area contributed by atoms with Crippen molar-refractivity contribution in [3.63, 3.8) is 0 Å². The lowest BCUT2D eigenvalue weighted by atomic mass is 10.1. The first-order valence-corrected chi connectivity index (χ1v) is 6.76. The number of ether oxygens (including phenoxy) is 1. The van der Waals surface area contributed by atoms with Crippen LogP contribution in [0.3, 0.4) is 0 Å². The number of hydrogen-bond donors (Lipinski definition) is 1. The minimum atomic E-state index is -0.395. The minimum Gasteiger partial charge on any atom is -0.497 e. The lowest BCUT2D eigenvalue weighted by molar-refractivity contribution is 0.181. The molecular formula is C17H21NO2. The van der Waals surface area contributed by atoms with Crippen molar-refractivity contribution in [2.75, 3.05) is 25.6 Å². The van der Waals surface area contributed by atoms with E-state index in [9.17, 15) is 5.11 Å². The molecular weight excluding hydrogens is 250 g/mol. The molecule has 1 atom stereocenters. The Morgan fingerprint density at radius 2 is 1.70 bits per heavy atom. The van der Waals surface area contributed by atoms with Crippen LogP contribution in [0, 0.1) is 0 Å². The van der Waals surface area contributed by atoms with Crippen LogP contribution in [0.5, 0.6) is 5.75 Å². The Hall–Kier alpha value is -2.00. The first-order chi connectivity index (χ1) is 9.69. The second-order valence-corrected chi connectivity index (χ2v) is 4.92. The quantitative estimate of drug-likeness (QED) is 0.877. The standard InChI is InChI=1S/C17H21NO2/c1-18(15-6-4-3-5-7-15)13-16(19)12-14-8-10-17(20-2)11-9-14/h3-11,16,19H,12-13H2,1-2H3. The summed E-state index contributed by atoms with van der Waals surface area (Å²) in [6, 6.07) is 17.9. The molecule has 0 saturated heterocycles. The lowest BCUT2D eigenvalue weighted by Crippen LogP contribution is -2.30. The third-order valence-electron chi connectivity index (χ3n) is 3.31. The molecule has 1 N–H and O–H groups in total. The van der Waals surface area contributed by atoms with Crippen LogP contribution in [0.15, 0.2) is 54.6 Å². The van der Waals surface area contributed by atoms with Gasteiger partial charge in [0.2, 0.25) is 0 Å². The van der Waals surface area contributed by atoms with Crippen LogP contribution < -0.4 is 9.64 Å². The molecule has 0 aliphatic heterocycles. The predicted octanol–water partition coefficient (Wildman–Crippen LogP) is 2.74. The Morgan fingerprint density at radius 1 is 1.05 bits per heavy atom. The normalized spacial score (nSPS) is 11.9. The van der Waals surface area contributed by atoms with Crippen molar-refractivity contribution >= 4 is 5.69 Å². The Labute approximate surface area is 120 Å². The van der Waals surface area contributed by atoms with Gasteiger partial charge in [-0.15, -0.1) is 0 Å². The van der Waals surface area contributed by atoms with Gasteiger partial charge < -0.3 is 14.7 Å². The maximum absolute atomic E-state index is 10.2. The predicted molar refractivity (Wildman–Crippen MR) is 82.4 cm³/mol. The van der Waals surface area contributed by atoms with E-state index in [0.29, 0.717) is 13.0 Å². The summed E-state index contributed by atoms with van der Waals surface area (Å²) in [6.45, 7) is 0.607. The molecule has 3 nitrogen and oxygen atoms in total. The first-order valence-electron chi connectivity index (χ1n) is 6.76. The number of likely N-dealkylation sites (N-methyl/N-ethyl adjacent to an activating group) is 1. The molecule has 0 heterocycles. The molecule has 0 aliphatic rings. The maximum Gasteiger partial charge on any atom is 0.118 e. The largest absolute Gasteiger partial charge is 0.497 e. The number of nitrogens with zero attached hydrogens (tertiary/aromatic N) is 1. The number of hydrogen-bond acceptors (Lipinski definition) is 3. The molecule has 0 fully saturated rings. The van der Waals surface area contributed by atoms with Gasteiger partial charge in [-0.2, -0.15) is 0 Å². The van der Waals surface area contributed by atoms with Gasteiger partial charge in [-0.05, 0) is 29.8 Å². The van der Waals surface area contributed by atoms with Crippen LogP contribution in [-0.2, 0) is 6.42 Å². The van der Waals surface area contributed by atoms with Crippen molar-refractivity contribution in [3.8, 4) is 5.75 Å². The van der Waals surface area contributed by atoms with Gasteiger partial charge in [-0.3, -0.25) is 0 Å². The van der Waals surface area contributed by atoms with Gasteiger partial charge >= 0.3 is 0 Å². The van der Waals surface area contributed by atoms with Crippen LogP contribution in [-0.4, -0.2) is 31.9 Å². The minimum absolute atomic E-state index is 0.395. The van der Waals surface area contributed by atoms with E-state index in [1.807, 2.05) is 61.6 Å². The zero-order chi connectivity index (χ0) is 14.4. The van der Waals surface area contributed by atoms with E-state index >= 15 is 0 Å². The van der Waals surface area contributed by atoms with Crippen LogP contribution in [0.2, 0.25) is 0 Å². The summed E-state index contributed by atoms with van der Waals surface area (Å²) in [4.78, 5) is 2.06. The average Bonchev–Trinajstić information content (AvgIpc) is 2.49. The van der Waals surface area contributed by atoms with E-state index in [1.165, 1.54) is 0 Å². The molecule has 2 rings (SSSR count). The van der Waals surface area contributed by atoms with Gasteiger partial charge in [0.25, 0.3) is 0 Å². The molecule has 3 heteroatoms. The van der Waals surface area contributed by atoms with Gasteiger partial charge in [0.15, 0.2) is 0 Å². The van der Waals surface area contributed by atoms with Crippen LogP contribution in [0.4, 0.5) is 5.69 Å². The number of benzene rings is 2. The number of methoxy groups -OCH3 is 1. The van der Waals surface area contributed by atoms with Crippen molar-refractivity contribution in [2.45, 2.75) is 12.5 Å². The van der Waals surface area contributed by atoms with Crippen LogP contribution in [0.1, 0.15) is 5.56 Å². The van der Waals surface area contributed by atoms with E-state index in [-0.39, 0.29) is 0 Å². The highest BCUT2D eigenvalue weighted by atomic mass is 16.5. The number of aliphatic hydroxyl groups excluding tert-OH is 1. The average molecular weight is 271 g/mol. The van der Waals surface area contributed by atoms with Gasteiger partial charge in [0.05, 0.1) is 13.2 Å². The van der Waals surface area contributed by atoms with Crippen molar-refractivity contribution in [1.29, 1.82) is 0 Å². The van der Waals surface area contributed by atoms with Crippen molar-refractivity contribution in [2.24, 2.45) is 0 Å². The van der Waals surface area contributed by atoms with Crippen LogP contribution >= 0.6 is 0 Å². The van der Waals surface area contributed by atoms with Gasteiger partial charge in [0, 0.05) is 25.7 Å². The Kier molecular flexibility index (Phi) is 5.02. The molecule has 2 aromatic rings. The monoisotopic (exact) mass is 271 g/mol. The molecule has 0 aliphatic carbocycles. The zero-order valence-electron chi connectivity index (χ0n) is 12.0. The molecule has 0 saturated carbocycles. The van der Waals surface area contributed by atoms with Crippen molar-refractivity contribution in [1.82, 2.24) is 0 Å². The van der Waals surface area contributed by atoms with E-state index in [0.717, 1.165) is 17.0 Å². The molecule has 106 valence electrons. The molecule has 0 radical (unpaired) electrons. The molecule has 0 amide bonds. The highest BCUT2D eigenvalue weighted by molar-refractivity contribution is 5.45. The molecule has 1 unspecified atom stereocenters. The highest BCUT2D eigenvalue weighted by Gasteiger charge is 2.09.